The lowest BCUT2D eigenvalue weighted by Gasteiger charge is -2.14. The molecule has 0 aliphatic rings. The van der Waals surface area contributed by atoms with Crippen LogP contribution < -0.4 is 5.32 Å². The average Bonchev–Trinajstić information content (AvgIpc) is 2.47. The highest BCUT2D eigenvalue weighted by atomic mass is 16.4. The maximum Gasteiger partial charge on any atom is 0.320 e. The molecular weight excluding hydrogens is 252 g/mol. The lowest BCUT2D eigenvalue weighted by molar-refractivity contribution is -0.139. The molecule has 0 unspecified atom stereocenters. The van der Waals surface area contributed by atoms with Crippen molar-refractivity contribution in [1.29, 1.82) is 0 Å². The summed E-state index contributed by atoms with van der Waals surface area (Å²) < 4.78 is 0. The van der Waals surface area contributed by atoms with Crippen molar-refractivity contribution >= 4 is 16.9 Å². The predicted octanol–water partition coefficient (Wildman–Crippen LogP) is 2.97. The van der Waals surface area contributed by atoms with Crippen LogP contribution >= 0.6 is 0 Å². The van der Waals surface area contributed by atoms with Gasteiger partial charge in [-0.1, -0.05) is 44.0 Å². The van der Waals surface area contributed by atoms with Gasteiger partial charge in [0.2, 0.25) is 0 Å². The minimum absolute atomic E-state index is 0.492. The minimum atomic E-state index is -0.786. The first-order valence-corrected chi connectivity index (χ1v) is 7.01. The molecule has 4 nitrogen and oxygen atoms in total. The molecule has 0 amide bonds. The van der Waals surface area contributed by atoms with Gasteiger partial charge in [0.05, 0.1) is 5.52 Å². The molecule has 0 spiro atoms. The van der Waals surface area contributed by atoms with Gasteiger partial charge in [-0.3, -0.25) is 9.78 Å². The summed E-state index contributed by atoms with van der Waals surface area (Å²) in [6, 6.07) is 9.40. The van der Waals surface area contributed by atoms with Crippen LogP contribution in [0.1, 0.15) is 31.7 Å². The molecule has 0 fully saturated rings. The molecule has 1 heterocycles. The SMILES string of the molecule is CCCC[C@H](NCc1cccc2cccnc12)C(=O)O. The molecule has 1 aromatic heterocycles. The van der Waals surface area contributed by atoms with Crippen LogP contribution in [0.3, 0.4) is 0 Å². The minimum Gasteiger partial charge on any atom is -0.480 e. The molecule has 4 heteroatoms. The Kier molecular flexibility index (Phi) is 5.07. The Bertz CT molecular complexity index is 578. The molecule has 20 heavy (non-hydrogen) atoms. The van der Waals surface area contributed by atoms with Crippen LogP contribution in [0.5, 0.6) is 0 Å². The number of nitrogens with zero attached hydrogens (tertiary/aromatic N) is 1. The third-order valence-electron chi connectivity index (χ3n) is 3.40. The summed E-state index contributed by atoms with van der Waals surface area (Å²) in [5, 5.41) is 13.4. The van der Waals surface area contributed by atoms with E-state index in [1.165, 1.54) is 0 Å². The van der Waals surface area contributed by atoms with Gasteiger partial charge in [0, 0.05) is 18.1 Å². The number of unbranched alkanes of at least 4 members (excludes halogenated alkanes) is 1. The van der Waals surface area contributed by atoms with Gasteiger partial charge in [0.15, 0.2) is 0 Å². The van der Waals surface area contributed by atoms with Gasteiger partial charge in [0.25, 0.3) is 0 Å². The van der Waals surface area contributed by atoms with Gasteiger partial charge in [-0.05, 0) is 18.1 Å². The number of aliphatic carboxylic acids is 1. The summed E-state index contributed by atoms with van der Waals surface area (Å²) in [5.41, 5.74) is 1.97. The van der Waals surface area contributed by atoms with Gasteiger partial charge in [-0.15, -0.1) is 0 Å². The zero-order valence-corrected chi connectivity index (χ0v) is 11.7. The zero-order chi connectivity index (χ0) is 14.4. The van der Waals surface area contributed by atoms with Crippen molar-refractivity contribution in [2.45, 2.75) is 38.8 Å². The van der Waals surface area contributed by atoms with Gasteiger partial charge in [-0.2, -0.15) is 0 Å². The van der Waals surface area contributed by atoms with Crippen molar-refractivity contribution in [3.63, 3.8) is 0 Å². The molecule has 0 radical (unpaired) electrons. The fourth-order valence-corrected chi connectivity index (χ4v) is 2.26. The average molecular weight is 272 g/mol. The number of carbonyl (C=O) groups is 1. The highest BCUT2D eigenvalue weighted by Gasteiger charge is 2.16. The number of benzene rings is 1. The molecule has 0 saturated carbocycles. The van der Waals surface area contributed by atoms with E-state index >= 15 is 0 Å². The van der Waals surface area contributed by atoms with Crippen molar-refractivity contribution < 1.29 is 9.90 Å². The highest BCUT2D eigenvalue weighted by Crippen LogP contribution is 2.16. The lowest BCUT2D eigenvalue weighted by atomic mass is 10.1. The first kappa shape index (κ1) is 14.5. The van der Waals surface area contributed by atoms with Gasteiger partial charge in [0.1, 0.15) is 6.04 Å². The van der Waals surface area contributed by atoms with Crippen molar-refractivity contribution in [1.82, 2.24) is 10.3 Å². The quantitative estimate of drug-likeness (QED) is 0.813. The molecule has 1 aromatic carbocycles. The first-order chi connectivity index (χ1) is 9.72. The summed E-state index contributed by atoms with van der Waals surface area (Å²) in [4.78, 5) is 15.6. The number of carboxylic acid groups (broad SMARTS) is 1. The van der Waals surface area contributed by atoms with Crippen LogP contribution in [-0.2, 0) is 11.3 Å². The van der Waals surface area contributed by atoms with Crippen LogP contribution in [0.4, 0.5) is 0 Å². The summed E-state index contributed by atoms with van der Waals surface area (Å²) >= 11 is 0. The van der Waals surface area contributed by atoms with Crippen LogP contribution in [0.2, 0.25) is 0 Å². The fourth-order valence-electron chi connectivity index (χ4n) is 2.26. The number of nitrogens with one attached hydrogen (secondary N) is 1. The van der Waals surface area contributed by atoms with Crippen LogP contribution in [-0.4, -0.2) is 22.1 Å². The summed E-state index contributed by atoms with van der Waals surface area (Å²) in [7, 11) is 0. The molecule has 2 N–H and O–H groups in total. The number of hydrogen-bond acceptors (Lipinski definition) is 3. The van der Waals surface area contributed by atoms with E-state index in [9.17, 15) is 9.90 Å². The molecule has 1 atom stereocenters. The van der Waals surface area contributed by atoms with Crippen molar-refractivity contribution in [3.8, 4) is 0 Å². The Labute approximate surface area is 118 Å². The Morgan fingerprint density at radius 1 is 1.35 bits per heavy atom. The molecule has 0 aliphatic heterocycles. The van der Waals surface area contributed by atoms with Gasteiger partial charge in [-0.25, -0.2) is 0 Å². The van der Waals surface area contributed by atoms with E-state index in [-0.39, 0.29) is 0 Å². The number of pyridine rings is 1. The highest BCUT2D eigenvalue weighted by molar-refractivity contribution is 5.81. The van der Waals surface area contributed by atoms with E-state index in [1.807, 2.05) is 30.3 Å². The Hall–Kier alpha value is -1.94. The summed E-state index contributed by atoms with van der Waals surface area (Å²) in [5.74, 6) is -0.786. The number of hydrogen-bond donors (Lipinski definition) is 2. The largest absolute Gasteiger partial charge is 0.480 e. The van der Waals surface area contributed by atoms with Crippen LogP contribution in [0.25, 0.3) is 10.9 Å². The molecule has 106 valence electrons. The second-order valence-corrected chi connectivity index (χ2v) is 4.91. The third kappa shape index (κ3) is 3.54. The molecule has 0 bridgehead atoms. The van der Waals surface area contributed by atoms with Crippen LogP contribution in [0, 0.1) is 0 Å². The number of carboxylic acids is 1. The molecule has 0 aliphatic carbocycles. The predicted molar refractivity (Wildman–Crippen MR) is 79.5 cm³/mol. The van der Waals surface area contributed by atoms with E-state index in [0.29, 0.717) is 13.0 Å². The number of aromatic nitrogens is 1. The monoisotopic (exact) mass is 272 g/mol. The van der Waals surface area contributed by atoms with Crippen LogP contribution in [0.15, 0.2) is 36.5 Å². The van der Waals surface area contributed by atoms with Crippen molar-refractivity contribution in [2.75, 3.05) is 0 Å². The molecular formula is C16H20N2O2. The number of para-hydroxylation sites is 1. The topological polar surface area (TPSA) is 62.2 Å². The summed E-state index contributed by atoms with van der Waals surface area (Å²) in [6.45, 7) is 2.59. The fraction of sp³-hybridized carbons (Fsp3) is 0.375. The number of fused-ring (bicyclic) bond motifs is 1. The van der Waals surface area contributed by atoms with Crippen molar-refractivity contribution in [2.24, 2.45) is 0 Å². The van der Waals surface area contributed by atoms with Crippen molar-refractivity contribution in [3.05, 3.63) is 42.1 Å². The van der Waals surface area contributed by atoms with E-state index in [2.05, 4.69) is 17.2 Å². The third-order valence-corrected chi connectivity index (χ3v) is 3.40. The van der Waals surface area contributed by atoms with Gasteiger partial charge < -0.3 is 10.4 Å². The number of rotatable bonds is 7. The normalized spacial score (nSPS) is 12.4. The Morgan fingerprint density at radius 3 is 2.90 bits per heavy atom. The second-order valence-electron chi connectivity index (χ2n) is 4.91. The zero-order valence-electron chi connectivity index (χ0n) is 11.7. The first-order valence-electron chi connectivity index (χ1n) is 7.01. The standard InChI is InChI=1S/C16H20N2O2/c1-2-3-9-14(16(19)20)18-11-13-7-4-6-12-8-5-10-17-15(12)13/h4-8,10,14,18H,2-3,9,11H2,1H3,(H,19,20)/t14-/m0/s1. The van der Waals surface area contributed by atoms with E-state index < -0.39 is 12.0 Å². The van der Waals surface area contributed by atoms with E-state index in [1.54, 1.807) is 6.20 Å². The Balaban J connectivity index is 2.09. The maximum absolute atomic E-state index is 11.2. The molecule has 2 aromatic rings. The smallest absolute Gasteiger partial charge is 0.320 e. The van der Waals surface area contributed by atoms with E-state index in [4.69, 9.17) is 0 Å². The summed E-state index contributed by atoms with van der Waals surface area (Å²) in [6.07, 6.45) is 4.33. The van der Waals surface area contributed by atoms with Gasteiger partial charge >= 0.3 is 5.97 Å². The van der Waals surface area contributed by atoms with E-state index in [0.717, 1.165) is 29.3 Å². The maximum atomic E-state index is 11.2. The lowest BCUT2D eigenvalue weighted by Crippen LogP contribution is -2.36. The molecule has 0 saturated heterocycles. The molecule has 2 rings (SSSR count). The second kappa shape index (κ2) is 7.01. The Morgan fingerprint density at radius 2 is 2.15 bits per heavy atom.